The summed E-state index contributed by atoms with van der Waals surface area (Å²) >= 11 is 0. The predicted molar refractivity (Wildman–Crippen MR) is 195 cm³/mol. The second-order valence-corrected chi connectivity index (χ2v) is 13.5. The fourth-order valence-corrected chi connectivity index (χ4v) is 8.46. The van der Waals surface area contributed by atoms with E-state index in [-0.39, 0.29) is 6.04 Å². The van der Waals surface area contributed by atoms with Crippen LogP contribution < -0.4 is 4.74 Å². The molecule has 3 aliphatic rings. The van der Waals surface area contributed by atoms with Gasteiger partial charge in [0, 0.05) is 35.1 Å². The normalized spacial score (nSPS) is 21.0. The molecule has 246 valence electrons. The molecule has 2 unspecified atom stereocenters. The number of pyridine rings is 2. The fraction of sp³-hybridized carbons (Fsp3) is 0.333. The van der Waals surface area contributed by atoms with Crippen molar-refractivity contribution in [1.29, 1.82) is 0 Å². The number of rotatable bonds is 10. The summed E-state index contributed by atoms with van der Waals surface area (Å²) in [5.74, 6) is 1.75. The number of piperidine rings is 3. The van der Waals surface area contributed by atoms with Gasteiger partial charge in [-0.2, -0.15) is 0 Å². The lowest BCUT2D eigenvalue weighted by Crippen LogP contribution is -2.54. The molecule has 8 rings (SSSR count). The number of aliphatic hydroxyl groups excluding tert-OH is 1. The van der Waals surface area contributed by atoms with Gasteiger partial charge in [-0.25, -0.2) is 0 Å². The van der Waals surface area contributed by atoms with Crippen LogP contribution in [0.1, 0.15) is 58.0 Å². The van der Waals surface area contributed by atoms with Crippen molar-refractivity contribution in [3.63, 3.8) is 0 Å². The van der Waals surface area contributed by atoms with E-state index in [2.05, 4.69) is 80.2 Å². The Morgan fingerprint density at radius 3 is 2.60 bits per heavy atom. The number of hydrogen-bond acceptors (Lipinski definition) is 6. The van der Waals surface area contributed by atoms with E-state index in [4.69, 9.17) is 14.5 Å². The zero-order chi connectivity index (χ0) is 33.5. The highest BCUT2D eigenvalue weighted by Crippen LogP contribution is 2.44. The number of aromatic nitrogens is 2. The van der Waals surface area contributed by atoms with Gasteiger partial charge in [0.2, 0.25) is 0 Å². The van der Waals surface area contributed by atoms with E-state index < -0.39 is 6.10 Å². The van der Waals surface area contributed by atoms with Gasteiger partial charge < -0.3 is 14.6 Å². The minimum atomic E-state index is -0.687. The van der Waals surface area contributed by atoms with Crippen LogP contribution in [0.2, 0.25) is 0 Å². The molecular formula is C42H45N3O3. The van der Waals surface area contributed by atoms with E-state index in [1.165, 1.54) is 33.4 Å². The molecule has 0 saturated carbocycles. The molecule has 0 spiro atoms. The summed E-state index contributed by atoms with van der Waals surface area (Å²) in [4.78, 5) is 12.1. The second-order valence-electron chi connectivity index (χ2n) is 13.5. The average molecular weight is 640 g/mol. The van der Waals surface area contributed by atoms with Crippen molar-refractivity contribution < 1.29 is 14.6 Å². The van der Waals surface area contributed by atoms with Crippen LogP contribution in [0.5, 0.6) is 5.75 Å². The van der Waals surface area contributed by atoms with Crippen molar-refractivity contribution in [2.45, 2.75) is 59.0 Å². The molecule has 5 heterocycles. The van der Waals surface area contributed by atoms with E-state index in [1.807, 2.05) is 36.5 Å². The molecule has 48 heavy (non-hydrogen) atoms. The molecule has 3 fully saturated rings. The topological polar surface area (TPSA) is 67.7 Å². The summed E-state index contributed by atoms with van der Waals surface area (Å²) < 4.78 is 12.2. The van der Waals surface area contributed by atoms with E-state index in [0.29, 0.717) is 25.0 Å². The Balaban J connectivity index is 1.21. The predicted octanol–water partition coefficient (Wildman–Crippen LogP) is 8.67. The Kier molecular flexibility index (Phi) is 8.90. The first kappa shape index (κ1) is 32.2. The summed E-state index contributed by atoms with van der Waals surface area (Å²) in [5, 5.41) is 14.2. The average Bonchev–Trinajstić information content (AvgIpc) is 3.11. The van der Waals surface area contributed by atoms with Crippen molar-refractivity contribution >= 4 is 27.9 Å². The van der Waals surface area contributed by atoms with Crippen LogP contribution in [0, 0.1) is 32.6 Å². The zero-order valence-corrected chi connectivity index (χ0v) is 28.5. The Hall–Kier alpha value is -4.36. The monoisotopic (exact) mass is 639 g/mol. The van der Waals surface area contributed by atoms with Gasteiger partial charge in [0.25, 0.3) is 0 Å². The van der Waals surface area contributed by atoms with Crippen molar-refractivity contribution in [2.75, 3.05) is 20.2 Å². The smallest absolute Gasteiger partial charge is 0.126 e. The number of aryl methyl sites for hydroxylation is 2. The summed E-state index contributed by atoms with van der Waals surface area (Å²) in [6, 6.07) is 18.6. The first-order valence-electron chi connectivity index (χ1n) is 17.0. The molecule has 2 bridgehead atoms. The zero-order valence-electron chi connectivity index (χ0n) is 28.5. The van der Waals surface area contributed by atoms with E-state index >= 15 is 0 Å². The van der Waals surface area contributed by atoms with Crippen LogP contribution in [0.4, 0.5) is 0 Å². The number of nitrogens with zero attached hydrogens (tertiary/aromatic N) is 3. The summed E-state index contributed by atoms with van der Waals surface area (Å²) in [7, 11) is 1.67. The SMILES string of the molecule is C=Cc1c(OC)ccc2nc(COCc3c(C)cc(C)c(-c4ccnc5ccccc45)c3C)cc([C@@H](O)[C@@H]3CC4CCN3C[C@@H]4C=C)c12. The maximum Gasteiger partial charge on any atom is 0.126 e. The van der Waals surface area contributed by atoms with Crippen molar-refractivity contribution in [3.05, 3.63) is 119 Å². The Morgan fingerprint density at radius 2 is 1.85 bits per heavy atom. The Labute approximate surface area is 283 Å². The van der Waals surface area contributed by atoms with Crippen molar-refractivity contribution in [2.24, 2.45) is 11.8 Å². The largest absolute Gasteiger partial charge is 0.496 e. The Bertz CT molecular complexity index is 2030. The maximum atomic E-state index is 12.1. The number of fused-ring (bicyclic) bond motifs is 5. The fourth-order valence-electron chi connectivity index (χ4n) is 8.46. The van der Waals surface area contributed by atoms with Crippen molar-refractivity contribution in [1.82, 2.24) is 14.9 Å². The molecule has 3 aromatic carbocycles. The number of methoxy groups -OCH3 is 1. The number of benzene rings is 3. The van der Waals surface area contributed by atoms with Gasteiger partial charge >= 0.3 is 0 Å². The van der Waals surface area contributed by atoms with Crippen LogP contribution in [-0.4, -0.2) is 46.2 Å². The maximum absolute atomic E-state index is 12.1. The number of hydrogen-bond donors (Lipinski definition) is 1. The molecule has 3 aliphatic heterocycles. The molecule has 0 radical (unpaired) electrons. The first-order chi connectivity index (χ1) is 23.3. The van der Waals surface area contributed by atoms with Gasteiger partial charge in [0.15, 0.2) is 0 Å². The highest BCUT2D eigenvalue weighted by atomic mass is 16.5. The molecule has 5 atom stereocenters. The van der Waals surface area contributed by atoms with E-state index in [0.717, 1.165) is 70.3 Å². The highest BCUT2D eigenvalue weighted by molar-refractivity contribution is 5.96. The lowest BCUT2D eigenvalue weighted by Gasteiger charge is -2.50. The third-order valence-electron chi connectivity index (χ3n) is 10.9. The molecule has 5 aromatic rings. The van der Waals surface area contributed by atoms with Crippen LogP contribution in [0.25, 0.3) is 39.0 Å². The second kappa shape index (κ2) is 13.3. The number of aliphatic hydroxyl groups is 1. The molecule has 1 N–H and O–H groups in total. The van der Waals surface area contributed by atoms with Crippen LogP contribution in [-0.2, 0) is 18.0 Å². The summed E-state index contributed by atoms with van der Waals surface area (Å²) in [6.07, 6.45) is 7.21. The van der Waals surface area contributed by atoms with Crippen LogP contribution in [0.15, 0.2) is 80.0 Å². The van der Waals surface area contributed by atoms with Gasteiger partial charge in [-0.1, -0.05) is 43.0 Å². The van der Waals surface area contributed by atoms with Crippen LogP contribution in [0.3, 0.4) is 0 Å². The van der Waals surface area contributed by atoms with Gasteiger partial charge in [-0.05, 0) is 121 Å². The van der Waals surface area contributed by atoms with Gasteiger partial charge in [-0.3, -0.25) is 14.9 Å². The lowest BCUT2D eigenvalue weighted by molar-refractivity contribution is -0.0445. The minimum Gasteiger partial charge on any atom is -0.496 e. The highest BCUT2D eigenvalue weighted by Gasteiger charge is 2.42. The third kappa shape index (κ3) is 5.62. The van der Waals surface area contributed by atoms with Gasteiger partial charge in [0.05, 0.1) is 43.2 Å². The van der Waals surface area contributed by atoms with Crippen LogP contribution >= 0.6 is 0 Å². The molecule has 0 aliphatic carbocycles. The van der Waals surface area contributed by atoms with E-state index in [9.17, 15) is 5.11 Å². The summed E-state index contributed by atoms with van der Waals surface area (Å²) in [6.45, 7) is 17.4. The molecule has 6 nitrogen and oxygen atoms in total. The molecule has 2 aromatic heterocycles. The summed E-state index contributed by atoms with van der Waals surface area (Å²) in [5.41, 5.74) is 11.5. The molecule has 0 amide bonds. The van der Waals surface area contributed by atoms with Gasteiger partial charge in [-0.15, -0.1) is 6.58 Å². The quantitative estimate of drug-likeness (QED) is 0.154. The number of ether oxygens (including phenoxy) is 2. The minimum absolute atomic E-state index is 0.0312. The molecule has 3 saturated heterocycles. The first-order valence-corrected chi connectivity index (χ1v) is 17.0. The molecule has 6 heteroatoms. The number of para-hydroxylation sites is 1. The molecular weight excluding hydrogens is 594 g/mol. The van der Waals surface area contributed by atoms with Gasteiger partial charge in [0.1, 0.15) is 5.75 Å². The lowest BCUT2D eigenvalue weighted by atomic mass is 9.73. The third-order valence-corrected chi connectivity index (χ3v) is 10.9. The van der Waals surface area contributed by atoms with E-state index in [1.54, 1.807) is 7.11 Å². The Morgan fingerprint density at radius 1 is 1.02 bits per heavy atom. The standard InChI is InChI=1S/C42H45N3O3/c1-7-28-22-45-18-16-29(28)20-38(45)42(46)34-21-30(44-37-13-14-39(47-6)31(8-2)41(34)37)23-48-24-35-25(3)19-26(4)40(27(35)5)33-15-17-43-36-12-10-9-11-32(33)36/h7-15,17,19,21,28-29,38,42,46H,1-2,16,18,20,22-24H2,3-6H3/t28-,29?,38-,42+/m0/s1. The van der Waals surface area contributed by atoms with Crippen molar-refractivity contribution in [3.8, 4) is 16.9 Å².